The number of carbonyl (C=O) groups excluding carboxylic acids is 1. The Balaban J connectivity index is 1.34. The van der Waals surface area contributed by atoms with Crippen LogP contribution in [0.5, 0.6) is 0 Å². The molecular formula is C23H22F2N2O4. The highest BCUT2D eigenvalue weighted by Crippen LogP contribution is 2.25. The number of aliphatic hydroxyl groups is 1. The van der Waals surface area contributed by atoms with Gasteiger partial charge in [0.15, 0.2) is 5.76 Å². The number of hydrogen-bond donors (Lipinski definition) is 2. The lowest BCUT2D eigenvalue weighted by Gasteiger charge is -2.33. The predicted molar refractivity (Wildman–Crippen MR) is 108 cm³/mol. The second kappa shape index (κ2) is 9.36. The molecule has 1 amide bonds. The first-order chi connectivity index (χ1) is 15.0. The molecule has 1 fully saturated rings. The number of carbonyl (C=O) groups is 1. The van der Waals surface area contributed by atoms with E-state index < -0.39 is 23.9 Å². The van der Waals surface area contributed by atoms with E-state index >= 15 is 0 Å². The highest BCUT2D eigenvalue weighted by molar-refractivity contribution is 5.94. The van der Waals surface area contributed by atoms with Gasteiger partial charge in [-0.25, -0.2) is 8.78 Å². The third kappa shape index (κ3) is 5.15. The summed E-state index contributed by atoms with van der Waals surface area (Å²) in [4.78, 5) is 12.2. The fraction of sp³-hybridized carbons (Fsp3) is 0.304. The van der Waals surface area contributed by atoms with Gasteiger partial charge in [-0.15, -0.1) is 0 Å². The lowest BCUT2D eigenvalue weighted by atomic mass is 9.98. The zero-order valence-corrected chi connectivity index (χ0v) is 16.6. The van der Waals surface area contributed by atoms with E-state index in [2.05, 4.69) is 10.5 Å². The number of hydrogen-bond acceptors (Lipinski definition) is 5. The molecule has 0 radical (unpaired) electrons. The van der Waals surface area contributed by atoms with Crippen molar-refractivity contribution in [2.45, 2.75) is 37.6 Å². The van der Waals surface area contributed by atoms with Gasteiger partial charge in [-0.1, -0.05) is 17.3 Å². The van der Waals surface area contributed by atoms with Gasteiger partial charge in [-0.2, -0.15) is 0 Å². The predicted octanol–water partition coefficient (Wildman–Crippen LogP) is 3.50. The maximum atomic E-state index is 13.8. The van der Waals surface area contributed by atoms with E-state index in [1.807, 2.05) is 0 Å². The zero-order chi connectivity index (χ0) is 21.8. The molecule has 3 atom stereocenters. The van der Waals surface area contributed by atoms with Crippen LogP contribution in [0.1, 0.15) is 28.9 Å². The number of benzene rings is 2. The molecule has 1 aliphatic heterocycles. The number of nitrogens with one attached hydrogen (secondary N) is 1. The molecule has 1 aliphatic rings. The van der Waals surface area contributed by atoms with Crippen molar-refractivity contribution in [2.75, 3.05) is 6.54 Å². The smallest absolute Gasteiger partial charge is 0.254 e. The Labute approximate surface area is 177 Å². The van der Waals surface area contributed by atoms with Gasteiger partial charge < -0.3 is 19.7 Å². The lowest BCUT2D eigenvalue weighted by Crippen LogP contribution is -2.46. The number of nitrogens with zero attached hydrogens (tertiary/aromatic N) is 1. The van der Waals surface area contributed by atoms with Gasteiger partial charge in [-0.05, 0) is 49.2 Å². The lowest BCUT2D eigenvalue weighted by molar-refractivity contribution is -0.114. The Morgan fingerprint density at radius 3 is 2.68 bits per heavy atom. The Morgan fingerprint density at radius 1 is 1.13 bits per heavy atom. The van der Waals surface area contributed by atoms with Crippen LogP contribution in [-0.2, 0) is 11.2 Å². The summed E-state index contributed by atoms with van der Waals surface area (Å²) in [6, 6.07) is 13.4. The molecule has 0 aliphatic carbocycles. The number of halogens is 2. The minimum absolute atomic E-state index is 0.0553. The van der Waals surface area contributed by atoms with Crippen LogP contribution < -0.4 is 5.32 Å². The molecule has 1 aromatic heterocycles. The molecule has 8 heteroatoms. The number of ether oxygens (including phenoxy) is 1. The Hall–Kier alpha value is -3.10. The first kappa shape index (κ1) is 21.1. The van der Waals surface area contributed by atoms with Crippen LogP contribution in [-0.4, -0.2) is 41.0 Å². The van der Waals surface area contributed by atoms with Crippen LogP contribution in [0.4, 0.5) is 8.78 Å². The number of aromatic nitrogens is 1. The quantitative estimate of drug-likeness (QED) is 0.628. The molecule has 31 heavy (non-hydrogen) atoms. The zero-order valence-electron chi connectivity index (χ0n) is 16.6. The molecule has 4 rings (SSSR count). The molecule has 6 nitrogen and oxygen atoms in total. The topological polar surface area (TPSA) is 84.6 Å². The van der Waals surface area contributed by atoms with Crippen molar-refractivity contribution in [3.05, 3.63) is 77.5 Å². The van der Waals surface area contributed by atoms with Crippen molar-refractivity contribution in [1.29, 1.82) is 0 Å². The van der Waals surface area contributed by atoms with Gasteiger partial charge in [0.05, 0.1) is 23.5 Å². The molecule has 0 unspecified atom stereocenters. The van der Waals surface area contributed by atoms with Crippen molar-refractivity contribution in [3.8, 4) is 11.3 Å². The summed E-state index contributed by atoms with van der Waals surface area (Å²) in [5.74, 6) is -0.965. The molecule has 0 spiro atoms. The summed E-state index contributed by atoms with van der Waals surface area (Å²) < 4.78 is 38.2. The number of amides is 1. The largest absolute Gasteiger partial charge is 0.390 e. The van der Waals surface area contributed by atoms with E-state index in [1.165, 1.54) is 30.3 Å². The van der Waals surface area contributed by atoms with E-state index in [4.69, 9.17) is 9.26 Å². The Kier molecular flexibility index (Phi) is 6.39. The molecule has 0 saturated carbocycles. The van der Waals surface area contributed by atoms with Crippen LogP contribution in [0, 0.1) is 11.6 Å². The normalized spacial score (nSPS) is 21.1. The molecule has 2 aromatic carbocycles. The van der Waals surface area contributed by atoms with Gasteiger partial charge >= 0.3 is 0 Å². The van der Waals surface area contributed by atoms with Crippen LogP contribution >= 0.6 is 0 Å². The van der Waals surface area contributed by atoms with Crippen molar-refractivity contribution in [1.82, 2.24) is 10.5 Å². The third-order valence-corrected chi connectivity index (χ3v) is 5.29. The summed E-state index contributed by atoms with van der Waals surface area (Å²) >= 11 is 0. The van der Waals surface area contributed by atoms with E-state index in [0.29, 0.717) is 36.3 Å². The maximum Gasteiger partial charge on any atom is 0.254 e. The highest BCUT2D eigenvalue weighted by atomic mass is 19.1. The highest BCUT2D eigenvalue weighted by Gasteiger charge is 2.31. The van der Waals surface area contributed by atoms with E-state index in [9.17, 15) is 18.7 Å². The number of rotatable bonds is 6. The molecular weight excluding hydrogens is 406 g/mol. The first-order valence-electron chi connectivity index (χ1n) is 10.1. The van der Waals surface area contributed by atoms with Crippen molar-refractivity contribution in [3.63, 3.8) is 0 Å². The SMILES string of the molecule is O=C(NC[C@H]1O[C@H](Cc2cc(-c3ccc(F)cc3)on2)CC[C@@H]1O)c1ccccc1F. The van der Waals surface area contributed by atoms with Gasteiger partial charge in [-0.3, -0.25) is 4.79 Å². The van der Waals surface area contributed by atoms with Gasteiger partial charge in [0.25, 0.3) is 5.91 Å². The summed E-state index contributed by atoms with van der Waals surface area (Å²) in [7, 11) is 0. The van der Waals surface area contributed by atoms with Gasteiger partial charge in [0.2, 0.25) is 0 Å². The molecule has 2 N–H and O–H groups in total. The second-order valence-corrected chi connectivity index (χ2v) is 7.52. The number of aliphatic hydroxyl groups excluding tert-OH is 1. The second-order valence-electron chi connectivity index (χ2n) is 7.52. The maximum absolute atomic E-state index is 13.8. The van der Waals surface area contributed by atoms with Crippen LogP contribution in [0.2, 0.25) is 0 Å². The van der Waals surface area contributed by atoms with Crippen LogP contribution in [0.25, 0.3) is 11.3 Å². The standard InChI is InChI=1S/C23H22F2N2O4/c24-15-7-5-14(6-8-15)21-12-16(27-31-21)11-17-9-10-20(28)22(30-17)13-26-23(29)18-3-1-2-4-19(18)25/h1-8,12,17,20,22,28H,9-11,13H2,(H,26,29)/t17-,20-,22+/m0/s1. The van der Waals surface area contributed by atoms with Crippen LogP contribution in [0.15, 0.2) is 59.1 Å². The molecule has 2 heterocycles. The average molecular weight is 428 g/mol. The van der Waals surface area contributed by atoms with Crippen molar-refractivity contribution in [2.24, 2.45) is 0 Å². The molecule has 0 bridgehead atoms. The summed E-state index contributed by atoms with van der Waals surface area (Å²) in [6.07, 6.45) is 0.0348. The summed E-state index contributed by atoms with van der Waals surface area (Å²) in [5, 5.41) is 16.9. The molecule has 162 valence electrons. The fourth-order valence-electron chi connectivity index (χ4n) is 3.61. The van der Waals surface area contributed by atoms with Gasteiger partial charge in [0, 0.05) is 24.6 Å². The fourth-order valence-corrected chi connectivity index (χ4v) is 3.61. The molecule has 3 aromatic rings. The van der Waals surface area contributed by atoms with Crippen molar-refractivity contribution >= 4 is 5.91 Å². The summed E-state index contributed by atoms with van der Waals surface area (Å²) in [5.41, 5.74) is 1.34. The minimum atomic E-state index is -0.732. The third-order valence-electron chi connectivity index (χ3n) is 5.29. The van der Waals surface area contributed by atoms with E-state index in [0.717, 1.165) is 0 Å². The molecule has 1 saturated heterocycles. The Morgan fingerprint density at radius 2 is 1.90 bits per heavy atom. The average Bonchev–Trinajstić information content (AvgIpc) is 3.23. The van der Waals surface area contributed by atoms with Gasteiger partial charge in [0.1, 0.15) is 17.7 Å². The Bertz CT molecular complexity index is 1040. The summed E-state index contributed by atoms with van der Waals surface area (Å²) in [6.45, 7) is 0.0600. The van der Waals surface area contributed by atoms with E-state index in [-0.39, 0.29) is 24.0 Å². The first-order valence-corrected chi connectivity index (χ1v) is 10.1. The van der Waals surface area contributed by atoms with Crippen molar-refractivity contribution < 1.29 is 27.9 Å². The minimum Gasteiger partial charge on any atom is -0.390 e. The van der Waals surface area contributed by atoms with E-state index in [1.54, 1.807) is 24.3 Å². The monoisotopic (exact) mass is 428 g/mol. The van der Waals surface area contributed by atoms with Crippen LogP contribution in [0.3, 0.4) is 0 Å².